The maximum absolute atomic E-state index is 13.2. The fourth-order valence-corrected chi connectivity index (χ4v) is 4.18. The number of primary amides is 1. The van der Waals surface area contributed by atoms with E-state index in [-0.39, 0.29) is 5.56 Å². The standard InChI is InChI=1S/C19H21N3O2S/c1-9-6-7-14(8-10(9)2)15-12(4)25-18-16(15)19(24)22(13(5)21-18)11(3)17(20)23/h6-8,11H,1-5H3,(H2,20,23). The van der Waals surface area contributed by atoms with Crippen molar-refractivity contribution >= 4 is 27.5 Å². The Balaban J connectivity index is 2.39. The van der Waals surface area contributed by atoms with Gasteiger partial charge in [-0.05, 0) is 51.3 Å². The third-order valence-electron chi connectivity index (χ3n) is 4.70. The van der Waals surface area contributed by atoms with Crippen LogP contribution in [-0.2, 0) is 4.79 Å². The van der Waals surface area contributed by atoms with Crippen LogP contribution in [-0.4, -0.2) is 15.5 Å². The van der Waals surface area contributed by atoms with E-state index in [2.05, 4.69) is 31.0 Å². The lowest BCUT2D eigenvalue weighted by atomic mass is 9.99. The maximum Gasteiger partial charge on any atom is 0.263 e. The first-order chi connectivity index (χ1) is 11.7. The predicted octanol–water partition coefficient (Wildman–Crippen LogP) is 3.40. The SMILES string of the molecule is Cc1ccc(-c2c(C)sc3nc(C)n(C(C)C(N)=O)c(=O)c23)cc1C. The summed E-state index contributed by atoms with van der Waals surface area (Å²) < 4.78 is 1.39. The lowest BCUT2D eigenvalue weighted by Crippen LogP contribution is -2.34. The topological polar surface area (TPSA) is 78.0 Å². The van der Waals surface area contributed by atoms with E-state index in [9.17, 15) is 9.59 Å². The molecular formula is C19H21N3O2S. The summed E-state index contributed by atoms with van der Waals surface area (Å²) >= 11 is 1.50. The molecule has 6 heteroatoms. The Kier molecular flexibility index (Phi) is 4.24. The number of thiophene rings is 1. The second-order valence-corrected chi connectivity index (χ2v) is 7.63. The first-order valence-electron chi connectivity index (χ1n) is 8.11. The van der Waals surface area contributed by atoms with Crippen LogP contribution in [0, 0.1) is 27.7 Å². The molecule has 5 nitrogen and oxygen atoms in total. The third-order valence-corrected chi connectivity index (χ3v) is 5.70. The molecule has 0 aliphatic heterocycles. The van der Waals surface area contributed by atoms with Crippen molar-refractivity contribution < 1.29 is 4.79 Å². The number of aromatic nitrogens is 2. The van der Waals surface area contributed by atoms with Crippen molar-refractivity contribution in [1.29, 1.82) is 0 Å². The Bertz CT molecular complexity index is 1060. The van der Waals surface area contributed by atoms with Gasteiger partial charge in [0.2, 0.25) is 5.91 Å². The Labute approximate surface area is 150 Å². The molecule has 1 unspecified atom stereocenters. The van der Waals surface area contributed by atoms with Gasteiger partial charge in [0.1, 0.15) is 16.7 Å². The Hall–Kier alpha value is -2.47. The number of amides is 1. The van der Waals surface area contributed by atoms with Crippen molar-refractivity contribution in [2.24, 2.45) is 5.73 Å². The number of rotatable bonds is 3. The quantitative estimate of drug-likeness (QED) is 0.782. The highest BCUT2D eigenvalue weighted by molar-refractivity contribution is 7.19. The van der Waals surface area contributed by atoms with Gasteiger partial charge in [0.05, 0.1) is 5.39 Å². The molecule has 1 aromatic carbocycles. The molecule has 0 saturated carbocycles. The first kappa shape index (κ1) is 17.4. The summed E-state index contributed by atoms with van der Waals surface area (Å²) in [7, 11) is 0. The van der Waals surface area contributed by atoms with Gasteiger partial charge in [0.15, 0.2) is 0 Å². The smallest absolute Gasteiger partial charge is 0.263 e. The molecule has 0 aliphatic carbocycles. The second-order valence-electron chi connectivity index (χ2n) is 6.42. The van der Waals surface area contributed by atoms with Crippen LogP contribution in [0.5, 0.6) is 0 Å². The van der Waals surface area contributed by atoms with Crippen LogP contribution >= 0.6 is 11.3 Å². The van der Waals surface area contributed by atoms with Crippen LogP contribution in [0.1, 0.15) is 34.8 Å². The lowest BCUT2D eigenvalue weighted by molar-refractivity contribution is -0.120. The van der Waals surface area contributed by atoms with E-state index in [0.29, 0.717) is 16.0 Å². The largest absolute Gasteiger partial charge is 0.368 e. The molecule has 0 fully saturated rings. The van der Waals surface area contributed by atoms with Crippen molar-refractivity contribution in [2.75, 3.05) is 0 Å². The molecule has 3 aromatic rings. The summed E-state index contributed by atoms with van der Waals surface area (Å²) in [6.45, 7) is 9.46. The van der Waals surface area contributed by atoms with Crippen molar-refractivity contribution in [2.45, 2.75) is 40.7 Å². The Morgan fingerprint density at radius 1 is 1.20 bits per heavy atom. The third kappa shape index (κ3) is 2.76. The number of nitrogens with zero attached hydrogens (tertiary/aromatic N) is 2. The summed E-state index contributed by atoms with van der Waals surface area (Å²) in [5.41, 5.74) is 9.46. The highest BCUT2D eigenvalue weighted by Crippen LogP contribution is 2.36. The number of carbonyl (C=O) groups excluding carboxylic acids is 1. The van der Waals surface area contributed by atoms with Crippen LogP contribution in [0.3, 0.4) is 0 Å². The van der Waals surface area contributed by atoms with E-state index in [1.165, 1.54) is 27.0 Å². The van der Waals surface area contributed by atoms with Gasteiger partial charge in [-0.2, -0.15) is 0 Å². The summed E-state index contributed by atoms with van der Waals surface area (Å²) in [6, 6.07) is 5.43. The van der Waals surface area contributed by atoms with Gasteiger partial charge in [-0.1, -0.05) is 18.2 Å². The van der Waals surface area contributed by atoms with Gasteiger partial charge in [-0.25, -0.2) is 4.98 Å². The average Bonchev–Trinajstić information content (AvgIpc) is 2.86. The minimum Gasteiger partial charge on any atom is -0.368 e. The van der Waals surface area contributed by atoms with E-state index in [1.54, 1.807) is 13.8 Å². The van der Waals surface area contributed by atoms with Gasteiger partial charge in [0.25, 0.3) is 5.56 Å². The maximum atomic E-state index is 13.2. The molecule has 0 saturated heterocycles. The number of hydrogen-bond donors (Lipinski definition) is 1. The fourth-order valence-electron chi connectivity index (χ4n) is 3.10. The van der Waals surface area contributed by atoms with Gasteiger partial charge < -0.3 is 5.73 Å². The number of carbonyl (C=O) groups is 1. The minimum absolute atomic E-state index is 0.216. The normalized spacial score (nSPS) is 12.5. The molecule has 3 rings (SSSR count). The minimum atomic E-state index is -0.739. The summed E-state index contributed by atoms with van der Waals surface area (Å²) in [6.07, 6.45) is 0. The fraction of sp³-hybridized carbons (Fsp3) is 0.316. The number of nitrogens with two attached hydrogens (primary N) is 1. The van der Waals surface area contributed by atoms with Crippen LogP contribution in [0.4, 0.5) is 0 Å². The number of hydrogen-bond acceptors (Lipinski definition) is 4. The Morgan fingerprint density at radius 3 is 2.48 bits per heavy atom. The molecule has 0 bridgehead atoms. The monoisotopic (exact) mass is 355 g/mol. The molecule has 2 aromatic heterocycles. The van der Waals surface area contributed by atoms with Crippen LogP contribution < -0.4 is 11.3 Å². The van der Waals surface area contributed by atoms with E-state index >= 15 is 0 Å². The van der Waals surface area contributed by atoms with Gasteiger partial charge in [0, 0.05) is 10.4 Å². The van der Waals surface area contributed by atoms with E-state index in [0.717, 1.165) is 16.0 Å². The van der Waals surface area contributed by atoms with Crippen LogP contribution in [0.15, 0.2) is 23.0 Å². The molecule has 130 valence electrons. The zero-order valence-corrected chi connectivity index (χ0v) is 15.8. The molecule has 0 radical (unpaired) electrons. The van der Waals surface area contributed by atoms with Crippen LogP contribution in [0.25, 0.3) is 21.3 Å². The van der Waals surface area contributed by atoms with Gasteiger partial charge in [-0.3, -0.25) is 14.2 Å². The molecule has 1 atom stereocenters. The van der Waals surface area contributed by atoms with E-state index < -0.39 is 11.9 Å². The van der Waals surface area contributed by atoms with Crippen molar-refractivity contribution in [1.82, 2.24) is 9.55 Å². The predicted molar refractivity (Wildman–Crippen MR) is 102 cm³/mol. The molecule has 0 spiro atoms. The molecular weight excluding hydrogens is 334 g/mol. The van der Waals surface area contributed by atoms with Gasteiger partial charge >= 0.3 is 0 Å². The highest BCUT2D eigenvalue weighted by Gasteiger charge is 2.22. The summed E-state index contributed by atoms with van der Waals surface area (Å²) in [5, 5.41) is 0.560. The van der Waals surface area contributed by atoms with Crippen molar-refractivity contribution in [3.05, 3.63) is 50.4 Å². The molecule has 0 aliphatic rings. The van der Waals surface area contributed by atoms with Crippen LogP contribution in [0.2, 0.25) is 0 Å². The zero-order valence-electron chi connectivity index (χ0n) is 15.0. The summed E-state index contributed by atoms with van der Waals surface area (Å²) in [4.78, 5) is 31.1. The molecule has 1 amide bonds. The average molecular weight is 355 g/mol. The van der Waals surface area contributed by atoms with Gasteiger partial charge in [-0.15, -0.1) is 11.3 Å². The zero-order chi connectivity index (χ0) is 18.5. The molecule has 2 heterocycles. The highest BCUT2D eigenvalue weighted by atomic mass is 32.1. The van der Waals surface area contributed by atoms with E-state index in [4.69, 9.17) is 5.73 Å². The van der Waals surface area contributed by atoms with Crippen molar-refractivity contribution in [3.8, 4) is 11.1 Å². The second kappa shape index (κ2) is 6.11. The number of aryl methyl sites for hydroxylation is 4. The van der Waals surface area contributed by atoms with E-state index in [1.807, 2.05) is 13.0 Å². The first-order valence-corrected chi connectivity index (χ1v) is 8.93. The Morgan fingerprint density at radius 2 is 1.88 bits per heavy atom. The lowest BCUT2D eigenvalue weighted by Gasteiger charge is -2.15. The van der Waals surface area contributed by atoms with Crippen molar-refractivity contribution in [3.63, 3.8) is 0 Å². The number of fused-ring (bicyclic) bond motifs is 1. The number of benzene rings is 1. The molecule has 2 N–H and O–H groups in total. The summed E-state index contributed by atoms with van der Waals surface area (Å²) in [5.74, 6) is -0.0530. The molecule has 25 heavy (non-hydrogen) atoms.